The van der Waals surface area contributed by atoms with Crippen LogP contribution in [0.4, 0.5) is 0 Å². The molecule has 0 aliphatic heterocycles. The van der Waals surface area contributed by atoms with E-state index >= 15 is 0 Å². The van der Waals surface area contributed by atoms with Gasteiger partial charge in [-0.2, -0.15) is 0 Å². The Bertz CT molecular complexity index is 3770. The van der Waals surface area contributed by atoms with Crippen molar-refractivity contribution in [3.63, 3.8) is 0 Å². The first-order chi connectivity index (χ1) is 31.2. The maximum Gasteiger partial charge on any atom is 0.161 e. The molecular formula is C58H38N4S. The molecule has 63 heavy (non-hydrogen) atoms. The number of benzene rings is 8. The molecule has 1 atom stereocenters. The van der Waals surface area contributed by atoms with Crippen LogP contribution in [0.15, 0.2) is 212 Å². The number of allylic oxidation sites excluding steroid dienone is 4. The molecular weight excluding hydrogens is 785 g/mol. The van der Waals surface area contributed by atoms with Gasteiger partial charge in [0.2, 0.25) is 0 Å². The number of hydrogen-bond donors (Lipinski definition) is 0. The number of para-hydroxylation sites is 2. The Morgan fingerprint density at radius 2 is 1.02 bits per heavy atom. The number of fused-ring (bicyclic) bond motifs is 9. The molecule has 12 aromatic rings. The second kappa shape index (κ2) is 14.4. The minimum atomic E-state index is 0.294. The molecule has 8 aromatic carbocycles. The molecule has 4 heterocycles. The van der Waals surface area contributed by atoms with E-state index in [2.05, 4.69) is 221 Å². The lowest BCUT2D eigenvalue weighted by molar-refractivity contribution is 0.648. The molecule has 13 rings (SSSR count). The average Bonchev–Trinajstić information content (AvgIpc) is 4.02. The number of nitrogens with zero attached hydrogens (tertiary/aromatic N) is 4. The maximum absolute atomic E-state index is 5.36. The van der Waals surface area contributed by atoms with Gasteiger partial charge in [-0.1, -0.05) is 152 Å². The summed E-state index contributed by atoms with van der Waals surface area (Å²) in [5.74, 6) is 0.712. The molecule has 1 unspecified atom stereocenters. The molecule has 4 aromatic heterocycles. The van der Waals surface area contributed by atoms with Crippen LogP contribution in [0.1, 0.15) is 12.5 Å². The van der Waals surface area contributed by atoms with E-state index in [4.69, 9.17) is 9.97 Å². The quantitative estimate of drug-likeness (QED) is 0.167. The van der Waals surface area contributed by atoms with E-state index in [9.17, 15) is 0 Å². The fourth-order valence-electron chi connectivity index (χ4n) is 9.92. The van der Waals surface area contributed by atoms with Crippen molar-refractivity contribution in [1.82, 2.24) is 19.1 Å². The molecule has 0 N–H and O–H groups in total. The largest absolute Gasteiger partial charge is 0.333 e. The lowest BCUT2D eigenvalue weighted by Crippen LogP contribution is -2.06. The number of thiophene rings is 1. The first-order valence-electron chi connectivity index (χ1n) is 21.6. The molecule has 0 amide bonds. The Morgan fingerprint density at radius 3 is 1.71 bits per heavy atom. The monoisotopic (exact) mass is 822 g/mol. The van der Waals surface area contributed by atoms with Crippen LogP contribution >= 0.6 is 11.3 Å². The second-order valence-corrected chi connectivity index (χ2v) is 17.5. The lowest BCUT2D eigenvalue weighted by Gasteiger charge is -2.18. The van der Waals surface area contributed by atoms with Gasteiger partial charge < -0.3 is 9.13 Å². The molecule has 0 saturated heterocycles. The third kappa shape index (κ3) is 5.81. The molecule has 0 spiro atoms. The van der Waals surface area contributed by atoms with Gasteiger partial charge in [-0.05, 0) is 78.2 Å². The van der Waals surface area contributed by atoms with E-state index in [1.165, 1.54) is 63.9 Å². The number of hydrogen-bond acceptors (Lipinski definition) is 3. The normalized spacial score (nSPS) is 14.0. The van der Waals surface area contributed by atoms with Crippen molar-refractivity contribution in [2.75, 3.05) is 0 Å². The van der Waals surface area contributed by atoms with E-state index in [1.54, 1.807) is 0 Å². The lowest BCUT2D eigenvalue weighted by atomic mass is 10.0. The second-order valence-electron chi connectivity index (χ2n) is 16.5. The van der Waals surface area contributed by atoms with Crippen molar-refractivity contribution in [3.05, 3.63) is 212 Å². The zero-order valence-corrected chi connectivity index (χ0v) is 35.0. The van der Waals surface area contributed by atoms with Crippen LogP contribution in [-0.2, 0) is 0 Å². The number of aromatic nitrogens is 4. The first-order valence-corrected chi connectivity index (χ1v) is 22.4. The zero-order chi connectivity index (χ0) is 41.4. The highest BCUT2D eigenvalue weighted by Gasteiger charge is 2.22. The van der Waals surface area contributed by atoms with Gasteiger partial charge in [0.15, 0.2) is 5.82 Å². The summed E-state index contributed by atoms with van der Waals surface area (Å²) >= 11 is 1.81. The topological polar surface area (TPSA) is 35.6 Å². The standard InChI is InChI=1S/C58H38N4S/c1-4-16-37(17-5-1)50-36-51(38-18-6-2-7-19-38)60-58(59-50)49-35-42(34-48-45-24-12-15-27-56(45)63-57(48)49)62-53-26-14-11-23-44(53)47-33-40(29-31-55(47)62)39-28-30-54-46(32-39)43-22-10-13-25-52(43)61(54)41-20-8-3-9-21-41/h1-20,22-36,41H,21H2. The van der Waals surface area contributed by atoms with Crippen LogP contribution < -0.4 is 0 Å². The van der Waals surface area contributed by atoms with E-state index < -0.39 is 0 Å². The molecule has 0 fully saturated rings. The summed E-state index contributed by atoms with van der Waals surface area (Å²) in [4.78, 5) is 10.7. The first kappa shape index (κ1) is 35.9. The van der Waals surface area contributed by atoms with E-state index in [1.807, 2.05) is 11.3 Å². The predicted octanol–water partition coefficient (Wildman–Crippen LogP) is 15.8. The predicted molar refractivity (Wildman–Crippen MR) is 266 cm³/mol. The molecule has 5 heteroatoms. The van der Waals surface area contributed by atoms with Gasteiger partial charge in [-0.15, -0.1) is 11.3 Å². The van der Waals surface area contributed by atoms with Crippen molar-refractivity contribution in [2.24, 2.45) is 0 Å². The molecule has 0 radical (unpaired) electrons. The van der Waals surface area contributed by atoms with E-state index in [-0.39, 0.29) is 0 Å². The molecule has 0 bridgehead atoms. The summed E-state index contributed by atoms with van der Waals surface area (Å²) in [5, 5.41) is 7.44. The van der Waals surface area contributed by atoms with Crippen molar-refractivity contribution in [1.29, 1.82) is 0 Å². The van der Waals surface area contributed by atoms with Crippen molar-refractivity contribution in [3.8, 4) is 50.7 Å². The van der Waals surface area contributed by atoms with E-state index in [0.717, 1.165) is 51.2 Å². The summed E-state index contributed by atoms with van der Waals surface area (Å²) in [6.07, 6.45) is 9.91. The third-order valence-corrected chi connectivity index (χ3v) is 14.1. The fraction of sp³-hybridized carbons (Fsp3) is 0.0345. The fourth-order valence-corrected chi connectivity index (χ4v) is 11.1. The van der Waals surface area contributed by atoms with Gasteiger partial charge >= 0.3 is 0 Å². The zero-order valence-electron chi connectivity index (χ0n) is 34.2. The summed E-state index contributed by atoms with van der Waals surface area (Å²) in [5.41, 5.74) is 13.3. The van der Waals surface area contributed by atoms with Gasteiger partial charge in [-0.3, -0.25) is 0 Å². The molecule has 1 aliphatic carbocycles. The highest BCUT2D eigenvalue weighted by atomic mass is 32.1. The van der Waals surface area contributed by atoms with Gasteiger partial charge in [0.05, 0.1) is 28.5 Å². The van der Waals surface area contributed by atoms with Crippen molar-refractivity contribution in [2.45, 2.75) is 12.5 Å². The Hall–Kier alpha value is -7.86. The van der Waals surface area contributed by atoms with Crippen LogP contribution in [0.5, 0.6) is 0 Å². The van der Waals surface area contributed by atoms with E-state index in [0.29, 0.717) is 11.9 Å². The van der Waals surface area contributed by atoms with Gasteiger partial charge in [0.1, 0.15) is 0 Å². The van der Waals surface area contributed by atoms with Crippen LogP contribution in [0, 0.1) is 0 Å². The Morgan fingerprint density at radius 1 is 0.444 bits per heavy atom. The van der Waals surface area contributed by atoms with Crippen LogP contribution in [-0.4, -0.2) is 19.1 Å². The van der Waals surface area contributed by atoms with Crippen LogP contribution in [0.2, 0.25) is 0 Å². The molecule has 0 saturated carbocycles. The van der Waals surface area contributed by atoms with Crippen molar-refractivity contribution >= 4 is 75.1 Å². The summed E-state index contributed by atoms with van der Waals surface area (Å²) < 4.78 is 7.37. The maximum atomic E-state index is 5.36. The highest BCUT2D eigenvalue weighted by Crippen LogP contribution is 2.44. The molecule has 4 nitrogen and oxygen atoms in total. The Balaban J connectivity index is 1.02. The highest BCUT2D eigenvalue weighted by molar-refractivity contribution is 7.26. The average molecular weight is 823 g/mol. The van der Waals surface area contributed by atoms with Crippen LogP contribution in [0.3, 0.4) is 0 Å². The SMILES string of the molecule is C1=CCC(n2c3ccccc3c3cc(-c4ccc5c(c4)c4ccccc4n5-c4cc(-c5nc(-c6ccccc6)cc(-c6ccccc6)n5)c5sc6ccccc6c5c4)ccc32)C=C1. The Kier molecular flexibility index (Phi) is 8.18. The Labute approximate surface area is 368 Å². The smallest absolute Gasteiger partial charge is 0.161 e. The van der Waals surface area contributed by atoms with Gasteiger partial charge in [0, 0.05) is 75.1 Å². The molecule has 1 aliphatic rings. The summed E-state index contributed by atoms with van der Waals surface area (Å²) in [6.45, 7) is 0. The summed E-state index contributed by atoms with van der Waals surface area (Å²) in [7, 11) is 0. The molecule has 296 valence electrons. The minimum Gasteiger partial charge on any atom is -0.333 e. The third-order valence-electron chi connectivity index (χ3n) is 12.8. The van der Waals surface area contributed by atoms with Gasteiger partial charge in [0.25, 0.3) is 0 Å². The van der Waals surface area contributed by atoms with Gasteiger partial charge in [-0.25, -0.2) is 9.97 Å². The minimum absolute atomic E-state index is 0.294. The number of rotatable bonds is 6. The summed E-state index contributed by atoms with van der Waals surface area (Å²) in [6, 6.07) is 68.4. The van der Waals surface area contributed by atoms with Crippen molar-refractivity contribution < 1.29 is 0 Å². The van der Waals surface area contributed by atoms with Crippen LogP contribution in [0.25, 0.3) is 115 Å².